The number of nitrogens with one attached hydrogen (secondary N) is 1. The molecule has 0 aliphatic rings. The number of methoxy groups -OCH3 is 1. The summed E-state index contributed by atoms with van der Waals surface area (Å²) in [7, 11) is 1.65. The highest BCUT2D eigenvalue weighted by Gasteiger charge is 2.16. The van der Waals surface area contributed by atoms with E-state index >= 15 is 0 Å². The topological polar surface area (TPSA) is 51.4 Å². The van der Waals surface area contributed by atoms with Crippen LogP contribution in [0.5, 0.6) is 11.5 Å². The third-order valence-corrected chi connectivity index (χ3v) is 7.72. The van der Waals surface area contributed by atoms with Gasteiger partial charge in [-0.05, 0) is 18.6 Å². The minimum absolute atomic E-state index is 0. The van der Waals surface area contributed by atoms with Crippen molar-refractivity contribution in [2.75, 3.05) is 19.0 Å². The molecule has 3 aromatic rings. The van der Waals surface area contributed by atoms with E-state index in [1.807, 2.05) is 48.0 Å². The van der Waals surface area contributed by atoms with Crippen molar-refractivity contribution in [2.45, 2.75) is 96.9 Å². The molecule has 5 nitrogen and oxygen atoms in total. The number of para-hydroxylation sites is 2. The van der Waals surface area contributed by atoms with Crippen molar-refractivity contribution < 1.29 is 35.8 Å². The number of halogens is 1. The lowest BCUT2D eigenvalue weighted by molar-refractivity contribution is -0.683. The molecule has 0 spiro atoms. The molecule has 1 amide bonds. The van der Waals surface area contributed by atoms with Crippen LogP contribution in [-0.4, -0.2) is 19.6 Å². The molecule has 0 unspecified atom stereocenters. The van der Waals surface area contributed by atoms with E-state index in [0.29, 0.717) is 24.7 Å². The van der Waals surface area contributed by atoms with E-state index in [0.717, 1.165) is 23.2 Å². The first-order chi connectivity index (χ1) is 19.2. The molecule has 2 aromatic carbocycles. The number of nitrogens with zero attached hydrogens (tertiary/aromatic N) is 1. The van der Waals surface area contributed by atoms with Crippen molar-refractivity contribution in [1.29, 1.82) is 0 Å². The standard InChI is InChI=1S/C33H46N2O3S.BrH/c1-3-4-5-6-7-8-9-10-11-12-13-16-23-38-33-28(19-17-21-31(33)37-2)25-32(36)34-30-20-15-14-18-29(30)26-35-22-24-39-27-35;/h14-15,17-22,24,27H,3-13,16,23,25-26H2,1-2H3;1H. The average molecular weight is 632 g/mol. The molecule has 0 saturated heterocycles. The van der Waals surface area contributed by atoms with E-state index in [1.54, 1.807) is 18.4 Å². The Hall–Kier alpha value is -2.38. The zero-order valence-electron chi connectivity index (χ0n) is 24.3. The van der Waals surface area contributed by atoms with Crippen molar-refractivity contribution in [1.82, 2.24) is 0 Å². The van der Waals surface area contributed by atoms with Gasteiger partial charge in [0.1, 0.15) is 0 Å². The summed E-state index contributed by atoms with van der Waals surface area (Å²) in [4.78, 5) is 13.1. The Bertz CT molecular complexity index is 1090. The molecule has 0 aliphatic carbocycles. The number of aromatic nitrogens is 1. The average Bonchev–Trinajstić information content (AvgIpc) is 3.46. The van der Waals surface area contributed by atoms with Crippen LogP contribution in [0.2, 0.25) is 0 Å². The summed E-state index contributed by atoms with van der Waals surface area (Å²) in [5, 5.41) is 5.15. The Kier molecular flexibility index (Phi) is 17.3. The normalized spacial score (nSPS) is 10.7. The molecule has 0 saturated carbocycles. The summed E-state index contributed by atoms with van der Waals surface area (Å²) in [6.07, 6.45) is 18.0. The number of rotatable bonds is 20. The second-order valence-corrected chi connectivity index (χ2v) is 11.0. The fraction of sp³-hybridized carbons (Fsp3) is 0.515. The Morgan fingerprint density at radius 1 is 0.850 bits per heavy atom. The number of carbonyl (C=O) groups is 1. The second kappa shape index (κ2) is 20.5. The monoisotopic (exact) mass is 630 g/mol. The molecule has 0 atom stereocenters. The van der Waals surface area contributed by atoms with Gasteiger partial charge in [0.15, 0.2) is 24.2 Å². The maximum Gasteiger partial charge on any atom is 0.228 e. The van der Waals surface area contributed by atoms with Crippen LogP contribution in [0.25, 0.3) is 0 Å². The second-order valence-electron chi connectivity index (χ2n) is 10.3. The van der Waals surface area contributed by atoms with E-state index in [4.69, 9.17) is 9.47 Å². The molecule has 3 rings (SSSR count). The number of hydrogen-bond donors (Lipinski definition) is 1. The highest BCUT2D eigenvalue weighted by atomic mass is 79.9. The van der Waals surface area contributed by atoms with Crippen LogP contribution < -0.4 is 36.3 Å². The SMILES string of the molecule is CCCCCCCCCCCCCCOc1c(CC(=O)Nc2ccccc2C[n+]2ccsc2)cccc1OC.[Br-]. The molecule has 0 bridgehead atoms. The highest BCUT2D eigenvalue weighted by molar-refractivity contribution is 7.07. The summed E-state index contributed by atoms with van der Waals surface area (Å²) in [6.45, 7) is 3.62. The number of ether oxygens (including phenoxy) is 2. The Labute approximate surface area is 256 Å². The molecule has 1 aromatic heterocycles. The van der Waals surface area contributed by atoms with Crippen LogP contribution >= 0.6 is 11.3 Å². The number of unbranched alkanes of at least 4 members (excludes halogenated alkanes) is 11. The smallest absolute Gasteiger partial charge is 0.228 e. The van der Waals surface area contributed by atoms with Gasteiger partial charge in [0.2, 0.25) is 11.4 Å². The van der Waals surface area contributed by atoms with Crippen molar-refractivity contribution in [3.63, 3.8) is 0 Å². The lowest BCUT2D eigenvalue weighted by atomic mass is 10.1. The number of carbonyl (C=O) groups excluding carboxylic acids is 1. The first-order valence-corrected chi connectivity index (χ1v) is 15.7. The van der Waals surface area contributed by atoms with Gasteiger partial charge in [0.25, 0.3) is 0 Å². The minimum atomic E-state index is -0.0683. The van der Waals surface area contributed by atoms with Gasteiger partial charge in [-0.2, -0.15) is 4.57 Å². The molecule has 40 heavy (non-hydrogen) atoms. The van der Waals surface area contributed by atoms with Gasteiger partial charge in [-0.3, -0.25) is 4.79 Å². The summed E-state index contributed by atoms with van der Waals surface area (Å²) in [5.74, 6) is 1.29. The molecule has 0 fully saturated rings. The predicted octanol–water partition coefficient (Wildman–Crippen LogP) is 5.36. The summed E-state index contributed by atoms with van der Waals surface area (Å²) >= 11 is 1.65. The number of amides is 1. The molecule has 0 aliphatic heterocycles. The zero-order chi connectivity index (χ0) is 27.5. The van der Waals surface area contributed by atoms with E-state index in [2.05, 4.69) is 28.4 Å². The van der Waals surface area contributed by atoms with Crippen LogP contribution in [0.1, 0.15) is 95.1 Å². The van der Waals surface area contributed by atoms with Crippen LogP contribution in [-0.2, 0) is 17.8 Å². The highest BCUT2D eigenvalue weighted by Crippen LogP contribution is 2.32. The third kappa shape index (κ3) is 12.4. The van der Waals surface area contributed by atoms with Crippen LogP contribution in [0.15, 0.2) is 59.6 Å². The molecule has 1 N–H and O–H groups in total. The van der Waals surface area contributed by atoms with E-state index < -0.39 is 0 Å². The van der Waals surface area contributed by atoms with Gasteiger partial charge in [-0.1, -0.05) is 119 Å². The Morgan fingerprint density at radius 2 is 1.50 bits per heavy atom. The van der Waals surface area contributed by atoms with Gasteiger partial charge in [-0.25, -0.2) is 0 Å². The predicted molar refractivity (Wildman–Crippen MR) is 162 cm³/mol. The Balaban J connectivity index is 0.00000560. The molecule has 0 radical (unpaired) electrons. The van der Waals surface area contributed by atoms with Gasteiger partial charge in [0.05, 0.1) is 31.2 Å². The molecule has 1 heterocycles. The van der Waals surface area contributed by atoms with E-state index in [1.165, 1.54) is 70.6 Å². The fourth-order valence-electron chi connectivity index (χ4n) is 4.84. The summed E-state index contributed by atoms with van der Waals surface area (Å²) in [5.41, 5.74) is 4.82. The summed E-state index contributed by atoms with van der Waals surface area (Å²) in [6, 6.07) is 13.7. The first-order valence-electron chi connectivity index (χ1n) is 14.8. The van der Waals surface area contributed by atoms with Gasteiger partial charge in [0, 0.05) is 11.1 Å². The Morgan fingerprint density at radius 3 is 2.15 bits per heavy atom. The lowest BCUT2D eigenvalue weighted by Crippen LogP contribution is -3.00. The van der Waals surface area contributed by atoms with E-state index in [9.17, 15) is 4.79 Å². The van der Waals surface area contributed by atoms with Crippen LogP contribution in [0, 0.1) is 0 Å². The van der Waals surface area contributed by atoms with Crippen molar-refractivity contribution in [3.05, 3.63) is 70.7 Å². The summed E-state index contributed by atoms with van der Waals surface area (Å²) < 4.78 is 13.9. The lowest BCUT2D eigenvalue weighted by Gasteiger charge is -2.15. The largest absolute Gasteiger partial charge is 1.00 e. The van der Waals surface area contributed by atoms with Crippen molar-refractivity contribution >= 4 is 22.9 Å². The van der Waals surface area contributed by atoms with Gasteiger partial charge >= 0.3 is 0 Å². The quantitative estimate of drug-likeness (QED) is 0.135. The number of benzene rings is 2. The van der Waals surface area contributed by atoms with Crippen LogP contribution in [0.4, 0.5) is 5.69 Å². The maximum atomic E-state index is 13.1. The fourth-order valence-corrected chi connectivity index (χ4v) is 5.44. The van der Waals surface area contributed by atoms with E-state index in [-0.39, 0.29) is 29.3 Å². The van der Waals surface area contributed by atoms with Crippen molar-refractivity contribution in [2.24, 2.45) is 0 Å². The zero-order valence-corrected chi connectivity index (χ0v) is 26.7. The minimum Gasteiger partial charge on any atom is -1.00 e. The number of hydrogen-bond acceptors (Lipinski definition) is 4. The third-order valence-electron chi connectivity index (χ3n) is 7.05. The van der Waals surface area contributed by atoms with Crippen molar-refractivity contribution in [3.8, 4) is 11.5 Å². The molecule has 7 heteroatoms. The molecular formula is C33H47BrN2O3S. The van der Waals surface area contributed by atoms with Gasteiger partial charge in [-0.15, -0.1) is 0 Å². The number of thiazole rings is 1. The molecular weight excluding hydrogens is 584 g/mol. The first kappa shape index (κ1) is 33.8. The number of anilines is 1. The van der Waals surface area contributed by atoms with Gasteiger partial charge < -0.3 is 31.8 Å². The molecule has 220 valence electrons. The van der Waals surface area contributed by atoms with Crippen LogP contribution in [0.3, 0.4) is 0 Å². The maximum absolute atomic E-state index is 13.1.